The van der Waals surface area contributed by atoms with Crippen LogP contribution in [-0.4, -0.2) is 36.9 Å². The number of hydrogen-bond acceptors (Lipinski definition) is 5. The number of anilines is 2. The summed E-state index contributed by atoms with van der Waals surface area (Å²) in [7, 11) is 1.66. The lowest BCUT2D eigenvalue weighted by Gasteiger charge is -2.09. The minimum Gasteiger partial charge on any atom is -0.385 e. The number of aromatic nitrogens is 1. The van der Waals surface area contributed by atoms with Crippen molar-refractivity contribution in [3.63, 3.8) is 0 Å². The molecule has 2 N–H and O–H groups in total. The summed E-state index contributed by atoms with van der Waals surface area (Å²) in [5.74, 6) is -0.321. The number of hydrogen-bond donors (Lipinski definition) is 2. The molecule has 0 bridgehead atoms. The molecule has 0 saturated carbocycles. The quantitative estimate of drug-likeness (QED) is 0.575. The number of methoxy groups -OCH3 is 1. The van der Waals surface area contributed by atoms with E-state index in [9.17, 15) is 9.59 Å². The Labute approximate surface area is 141 Å². The van der Waals surface area contributed by atoms with E-state index < -0.39 is 0 Å². The minimum atomic E-state index is -0.274. The Morgan fingerprint density at radius 2 is 1.92 bits per heavy atom. The van der Waals surface area contributed by atoms with Gasteiger partial charge in [0, 0.05) is 43.9 Å². The van der Waals surface area contributed by atoms with Gasteiger partial charge in [-0.25, -0.2) is 0 Å². The fourth-order valence-corrected chi connectivity index (χ4v) is 2.13. The van der Waals surface area contributed by atoms with Gasteiger partial charge in [-0.05, 0) is 31.5 Å². The summed E-state index contributed by atoms with van der Waals surface area (Å²) in [5.41, 5.74) is 2.35. The number of carbonyl (C=O) groups excluding carboxylic acids is 2. The predicted octanol–water partition coefficient (Wildman–Crippen LogP) is 2.98. The van der Waals surface area contributed by atoms with Crippen molar-refractivity contribution in [2.75, 3.05) is 30.9 Å². The number of rotatable bonds is 8. The molecular formula is C18H21N3O3. The van der Waals surface area contributed by atoms with E-state index in [2.05, 4.69) is 15.6 Å². The van der Waals surface area contributed by atoms with Crippen LogP contribution in [0.2, 0.25) is 0 Å². The summed E-state index contributed by atoms with van der Waals surface area (Å²) < 4.78 is 4.99. The summed E-state index contributed by atoms with van der Waals surface area (Å²) in [6, 6.07) is 8.58. The van der Waals surface area contributed by atoms with Crippen molar-refractivity contribution in [3.8, 4) is 0 Å². The largest absolute Gasteiger partial charge is 0.385 e. The molecule has 0 saturated heterocycles. The Hall–Kier alpha value is -2.73. The molecular weight excluding hydrogens is 306 g/mol. The van der Waals surface area contributed by atoms with E-state index in [-0.39, 0.29) is 11.7 Å². The van der Waals surface area contributed by atoms with Gasteiger partial charge in [0.15, 0.2) is 5.78 Å². The molecule has 126 valence electrons. The molecule has 0 fully saturated rings. The first kappa shape index (κ1) is 17.6. The molecule has 0 spiro atoms. The van der Waals surface area contributed by atoms with Crippen LogP contribution in [0, 0.1) is 0 Å². The van der Waals surface area contributed by atoms with Gasteiger partial charge in [-0.15, -0.1) is 0 Å². The summed E-state index contributed by atoms with van der Waals surface area (Å²) >= 11 is 0. The highest BCUT2D eigenvalue weighted by Gasteiger charge is 2.09. The first-order valence-electron chi connectivity index (χ1n) is 7.70. The fourth-order valence-electron chi connectivity index (χ4n) is 2.13. The van der Waals surface area contributed by atoms with Gasteiger partial charge in [0.05, 0.1) is 11.3 Å². The zero-order valence-corrected chi connectivity index (χ0v) is 13.8. The van der Waals surface area contributed by atoms with E-state index >= 15 is 0 Å². The van der Waals surface area contributed by atoms with Gasteiger partial charge in [-0.3, -0.25) is 14.6 Å². The molecule has 0 radical (unpaired) electrons. The Morgan fingerprint density at radius 3 is 2.67 bits per heavy atom. The Morgan fingerprint density at radius 1 is 1.12 bits per heavy atom. The van der Waals surface area contributed by atoms with Gasteiger partial charge in [-0.2, -0.15) is 0 Å². The number of ketones is 1. The predicted molar refractivity (Wildman–Crippen MR) is 93.6 cm³/mol. The van der Waals surface area contributed by atoms with Gasteiger partial charge in [0.1, 0.15) is 0 Å². The molecule has 6 heteroatoms. The maximum atomic E-state index is 12.3. The van der Waals surface area contributed by atoms with Gasteiger partial charge in [-0.1, -0.05) is 12.1 Å². The lowest BCUT2D eigenvalue weighted by atomic mass is 10.1. The van der Waals surface area contributed by atoms with Crippen molar-refractivity contribution in [2.24, 2.45) is 0 Å². The molecule has 0 aliphatic carbocycles. The zero-order valence-electron chi connectivity index (χ0n) is 13.8. The minimum absolute atomic E-state index is 0.0463. The van der Waals surface area contributed by atoms with Crippen molar-refractivity contribution in [2.45, 2.75) is 13.3 Å². The van der Waals surface area contributed by atoms with Crippen molar-refractivity contribution in [3.05, 3.63) is 53.9 Å². The summed E-state index contributed by atoms with van der Waals surface area (Å²) in [6.07, 6.45) is 4.04. The number of carbonyl (C=O) groups is 2. The first-order valence-corrected chi connectivity index (χ1v) is 7.70. The smallest absolute Gasteiger partial charge is 0.257 e. The van der Waals surface area contributed by atoms with Crippen LogP contribution in [0.3, 0.4) is 0 Å². The first-order chi connectivity index (χ1) is 11.6. The summed E-state index contributed by atoms with van der Waals surface area (Å²) in [5, 5.41) is 5.97. The number of ether oxygens (including phenoxy) is 1. The Kier molecular flexibility index (Phi) is 6.45. The highest BCUT2D eigenvalue weighted by Crippen LogP contribution is 2.14. The molecule has 1 heterocycles. The number of nitrogens with one attached hydrogen (secondary N) is 2. The molecule has 6 nitrogen and oxygen atoms in total. The number of pyridine rings is 1. The van der Waals surface area contributed by atoms with E-state index in [1.807, 2.05) is 0 Å². The second-order valence-electron chi connectivity index (χ2n) is 5.33. The molecule has 1 aromatic heterocycles. The van der Waals surface area contributed by atoms with E-state index in [1.54, 1.807) is 43.6 Å². The van der Waals surface area contributed by atoms with Crippen LogP contribution in [-0.2, 0) is 4.74 Å². The van der Waals surface area contributed by atoms with Crippen molar-refractivity contribution in [1.82, 2.24) is 4.98 Å². The standard InChI is InChI=1S/C18H21N3O3/c1-13(22)14-5-3-6-16(9-14)21-18(23)15-10-17(12-19-11-15)20-7-4-8-24-2/h3,5-6,9-12,20H,4,7-8H2,1-2H3,(H,21,23). The van der Waals surface area contributed by atoms with Gasteiger partial charge in [0.25, 0.3) is 5.91 Å². The van der Waals surface area contributed by atoms with Crippen LogP contribution in [0.1, 0.15) is 34.1 Å². The molecule has 2 aromatic rings. The Bertz CT molecular complexity index is 716. The van der Waals surface area contributed by atoms with Gasteiger partial charge < -0.3 is 15.4 Å². The van der Waals surface area contributed by atoms with Crippen molar-refractivity contribution in [1.29, 1.82) is 0 Å². The average Bonchev–Trinajstić information content (AvgIpc) is 2.59. The summed E-state index contributed by atoms with van der Waals surface area (Å²) in [4.78, 5) is 27.8. The lowest BCUT2D eigenvalue weighted by molar-refractivity contribution is 0.101. The maximum absolute atomic E-state index is 12.3. The third-order valence-corrected chi connectivity index (χ3v) is 3.38. The Balaban J connectivity index is 2.01. The van der Waals surface area contributed by atoms with Crippen LogP contribution in [0.4, 0.5) is 11.4 Å². The lowest BCUT2D eigenvalue weighted by Crippen LogP contribution is -2.13. The van der Waals surface area contributed by atoms with Crippen molar-refractivity contribution < 1.29 is 14.3 Å². The number of nitrogens with zero attached hydrogens (tertiary/aromatic N) is 1. The van der Waals surface area contributed by atoms with Gasteiger partial charge >= 0.3 is 0 Å². The molecule has 1 aromatic carbocycles. The third kappa shape index (κ3) is 5.17. The maximum Gasteiger partial charge on any atom is 0.257 e. The zero-order chi connectivity index (χ0) is 17.4. The number of amides is 1. The fraction of sp³-hybridized carbons (Fsp3) is 0.278. The van der Waals surface area contributed by atoms with E-state index in [1.165, 1.54) is 13.1 Å². The van der Waals surface area contributed by atoms with Crippen molar-refractivity contribution >= 4 is 23.1 Å². The second kappa shape index (κ2) is 8.79. The monoisotopic (exact) mass is 327 g/mol. The van der Waals surface area contributed by atoms with Crippen LogP contribution in [0.5, 0.6) is 0 Å². The third-order valence-electron chi connectivity index (χ3n) is 3.38. The molecule has 24 heavy (non-hydrogen) atoms. The highest BCUT2D eigenvalue weighted by molar-refractivity contribution is 6.05. The number of benzene rings is 1. The van der Waals surface area contributed by atoms with Crippen LogP contribution < -0.4 is 10.6 Å². The van der Waals surface area contributed by atoms with Crippen LogP contribution in [0.25, 0.3) is 0 Å². The molecule has 0 atom stereocenters. The van der Waals surface area contributed by atoms with E-state index in [0.29, 0.717) is 23.4 Å². The second-order valence-corrected chi connectivity index (χ2v) is 5.33. The van der Waals surface area contributed by atoms with Crippen LogP contribution >= 0.6 is 0 Å². The molecule has 2 rings (SSSR count). The molecule has 1 amide bonds. The molecule has 0 aliphatic rings. The van der Waals surface area contributed by atoms with E-state index in [0.717, 1.165) is 18.7 Å². The van der Waals surface area contributed by atoms with Gasteiger partial charge in [0.2, 0.25) is 0 Å². The topological polar surface area (TPSA) is 80.3 Å². The normalized spacial score (nSPS) is 10.2. The number of Topliss-reactive ketones (excluding diaryl/α,β-unsaturated/α-hetero) is 1. The summed E-state index contributed by atoms with van der Waals surface area (Å²) in [6.45, 7) is 2.90. The van der Waals surface area contributed by atoms with E-state index in [4.69, 9.17) is 4.74 Å². The molecule has 0 aliphatic heterocycles. The SMILES string of the molecule is COCCCNc1cncc(C(=O)Nc2cccc(C(C)=O)c2)c1. The average molecular weight is 327 g/mol. The van der Waals surface area contributed by atoms with Crippen LogP contribution in [0.15, 0.2) is 42.7 Å². The molecule has 0 unspecified atom stereocenters. The highest BCUT2D eigenvalue weighted by atomic mass is 16.5.